The highest BCUT2D eigenvalue weighted by molar-refractivity contribution is 6.30. The van der Waals surface area contributed by atoms with Gasteiger partial charge in [0.2, 0.25) is 5.91 Å². The number of para-hydroxylation sites is 1. The Balaban J connectivity index is 1.48. The second-order valence-corrected chi connectivity index (χ2v) is 7.91. The minimum atomic E-state index is -0.451. The Hall–Kier alpha value is -3.45. The summed E-state index contributed by atoms with van der Waals surface area (Å²) in [7, 11) is 0. The van der Waals surface area contributed by atoms with Crippen molar-refractivity contribution in [1.29, 1.82) is 0 Å². The van der Waals surface area contributed by atoms with Crippen molar-refractivity contribution in [2.24, 2.45) is 0 Å². The maximum Gasteiger partial charge on any atom is 0.278 e. The van der Waals surface area contributed by atoms with Crippen molar-refractivity contribution in [3.8, 4) is 0 Å². The number of hydrogen-bond donors (Lipinski definition) is 1. The summed E-state index contributed by atoms with van der Waals surface area (Å²) < 4.78 is 1.01. The molecule has 0 fully saturated rings. The molecule has 0 bridgehead atoms. The van der Waals surface area contributed by atoms with Crippen LogP contribution in [0.5, 0.6) is 0 Å². The first kappa shape index (κ1) is 20.8. The first-order valence-corrected chi connectivity index (χ1v) is 10.3. The SMILES string of the molecule is C[C@H]1Cc2ccccc2N1C(=O)c1ccc(=O)n(CC(=O)NCc2ccc(Cl)cc2)n1. The van der Waals surface area contributed by atoms with Crippen LogP contribution in [0.2, 0.25) is 5.02 Å². The first-order valence-electron chi connectivity index (χ1n) is 9.93. The van der Waals surface area contributed by atoms with Gasteiger partial charge in [-0.1, -0.05) is 41.9 Å². The van der Waals surface area contributed by atoms with Gasteiger partial charge in [0.25, 0.3) is 11.5 Å². The van der Waals surface area contributed by atoms with E-state index in [-0.39, 0.29) is 30.1 Å². The van der Waals surface area contributed by atoms with Gasteiger partial charge in [-0.25, -0.2) is 4.68 Å². The van der Waals surface area contributed by atoms with Crippen molar-refractivity contribution >= 4 is 29.1 Å². The molecule has 0 radical (unpaired) electrons. The van der Waals surface area contributed by atoms with Gasteiger partial charge in [-0.2, -0.15) is 5.10 Å². The number of halogens is 1. The molecule has 7 nitrogen and oxygen atoms in total. The fourth-order valence-electron chi connectivity index (χ4n) is 3.67. The molecule has 3 aromatic rings. The number of benzene rings is 2. The molecular formula is C23H21ClN4O3. The summed E-state index contributed by atoms with van der Waals surface area (Å²) >= 11 is 5.86. The second-order valence-electron chi connectivity index (χ2n) is 7.47. The zero-order valence-electron chi connectivity index (χ0n) is 16.9. The monoisotopic (exact) mass is 436 g/mol. The Kier molecular flexibility index (Phi) is 5.86. The summed E-state index contributed by atoms with van der Waals surface area (Å²) in [5.41, 5.74) is 2.49. The Labute approximate surface area is 184 Å². The summed E-state index contributed by atoms with van der Waals surface area (Å²) in [4.78, 5) is 39.4. The molecule has 4 rings (SSSR count). The Morgan fingerprint density at radius 1 is 1.10 bits per heavy atom. The van der Waals surface area contributed by atoms with E-state index in [1.165, 1.54) is 12.1 Å². The van der Waals surface area contributed by atoms with Crippen molar-refractivity contribution in [3.63, 3.8) is 0 Å². The molecule has 1 aliphatic heterocycles. The van der Waals surface area contributed by atoms with Crippen LogP contribution in [0.15, 0.2) is 65.5 Å². The number of carbonyl (C=O) groups excluding carboxylic acids is 2. The maximum absolute atomic E-state index is 13.1. The second kappa shape index (κ2) is 8.73. The van der Waals surface area contributed by atoms with Gasteiger partial charge >= 0.3 is 0 Å². The smallest absolute Gasteiger partial charge is 0.278 e. The minimum Gasteiger partial charge on any atom is -0.350 e. The molecule has 8 heteroatoms. The van der Waals surface area contributed by atoms with Gasteiger partial charge in [-0.15, -0.1) is 0 Å². The van der Waals surface area contributed by atoms with Crippen molar-refractivity contribution in [2.45, 2.75) is 32.5 Å². The summed E-state index contributed by atoms with van der Waals surface area (Å²) in [6.45, 7) is 1.99. The number of anilines is 1. The minimum absolute atomic E-state index is 0.0187. The van der Waals surface area contributed by atoms with Crippen LogP contribution in [0.1, 0.15) is 28.5 Å². The Morgan fingerprint density at radius 2 is 1.84 bits per heavy atom. The normalized spacial score (nSPS) is 14.9. The third-order valence-corrected chi connectivity index (χ3v) is 5.46. The van der Waals surface area contributed by atoms with E-state index in [2.05, 4.69) is 10.4 Å². The van der Waals surface area contributed by atoms with Crippen molar-refractivity contribution in [3.05, 3.63) is 92.9 Å². The predicted octanol–water partition coefficient (Wildman–Crippen LogP) is 2.80. The number of rotatable bonds is 5. The largest absolute Gasteiger partial charge is 0.350 e. The zero-order chi connectivity index (χ0) is 22.0. The molecule has 2 amide bonds. The standard InChI is InChI=1S/C23H21ClN4O3/c1-15-12-17-4-2-3-5-20(17)28(15)23(31)19-10-11-22(30)27(26-19)14-21(29)25-13-16-6-8-18(24)9-7-16/h2-11,15H,12-14H2,1H3,(H,25,29)/t15-/m0/s1. The lowest BCUT2D eigenvalue weighted by Gasteiger charge is -2.22. The number of nitrogens with zero attached hydrogens (tertiary/aromatic N) is 3. The number of nitrogens with one attached hydrogen (secondary N) is 1. The number of amides is 2. The third-order valence-electron chi connectivity index (χ3n) is 5.21. The lowest BCUT2D eigenvalue weighted by atomic mass is 10.1. The number of fused-ring (bicyclic) bond motifs is 1. The highest BCUT2D eigenvalue weighted by Crippen LogP contribution is 2.32. The molecule has 0 saturated carbocycles. The van der Waals surface area contributed by atoms with E-state index < -0.39 is 5.56 Å². The number of aromatic nitrogens is 2. The van der Waals surface area contributed by atoms with Gasteiger partial charge in [-0.05, 0) is 48.7 Å². The summed E-state index contributed by atoms with van der Waals surface area (Å²) in [6, 6.07) is 17.5. The van der Waals surface area contributed by atoms with E-state index in [9.17, 15) is 14.4 Å². The van der Waals surface area contributed by atoms with E-state index >= 15 is 0 Å². The lowest BCUT2D eigenvalue weighted by Crippen LogP contribution is -2.38. The quantitative estimate of drug-likeness (QED) is 0.666. The molecule has 1 aromatic heterocycles. The van der Waals surface area contributed by atoms with Crippen molar-refractivity contribution in [1.82, 2.24) is 15.1 Å². The highest BCUT2D eigenvalue weighted by Gasteiger charge is 2.32. The van der Waals surface area contributed by atoms with E-state index in [0.29, 0.717) is 11.6 Å². The van der Waals surface area contributed by atoms with Crippen molar-refractivity contribution < 1.29 is 9.59 Å². The molecule has 0 unspecified atom stereocenters. The van der Waals surface area contributed by atoms with Gasteiger partial charge in [-0.3, -0.25) is 14.4 Å². The fourth-order valence-corrected chi connectivity index (χ4v) is 3.80. The van der Waals surface area contributed by atoms with Gasteiger partial charge in [0.1, 0.15) is 12.2 Å². The van der Waals surface area contributed by atoms with Crippen LogP contribution in [-0.2, 0) is 24.3 Å². The molecule has 1 N–H and O–H groups in total. The molecule has 0 aliphatic carbocycles. The average Bonchev–Trinajstić information content (AvgIpc) is 3.10. The molecule has 0 spiro atoms. The van der Waals surface area contributed by atoms with Gasteiger partial charge in [0.05, 0.1) is 0 Å². The van der Waals surface area contributed by atoms with Crippen molar-refractivity contribution in [2.75, 3.05) is 4.90 Å². The third kappa shape index (κ3) is 4.51. The van der Waals surface area contributed by atoms with Gasteiger partial charge in [0, 0.05) is 29.4 Å². The van der Waals surface area contributed by atoms with Crippen LogP contribution in [0.4, 0.5) is 5.69 Å². The van der Waals surface area contributed by atoms with Gasteiger partial charge in [0.15, 0.2) is 0 Å². The van der Waals surface area contributed by atoms with Crippen LogP contribution >= 0.6 is 11.6 Å². The fraction of sp³-hybridized carbons (Fsp3) is 0.217. The zero-order valence-corrected chi connectivity index (χ0v) is 17.7. The Morgan fingerprint density at radius 3 is 2.61 bits per heavy atom. The van der Waals surface area contributed by atoms with Crippen LogP contribution in [0.25, 0.3) is 0 Å². The van der Waals surface area contributed by atoms with E-state index in [0.717, 1.165) is 27.9 Å². The highest BCUT2D eigenvalue weighted by atomic mass is 35.5. The molecular weight excluding hydrogens is 416 g/mol. The van der Waals surface area contributed by atoms with E-state index in [1.54, 1.807) is 29.2 Å². The maximum atomic E-state index is 13.1. The topological polar surface area (TPSA) is 84.3 Å². The number of carbonyl (C=O) groups is 2. The summed E-state index contributed by atoms with van der Waals surface area (Å²) in [5, 5.41) is 7.52. The summed E-state index contributed by atoms with van der Waals surface area (Å²) in [5.74, 6) is -0.679. The van der Waals surface area contributed by atoms with Gasteiger partial charge < -0.3 is 10.2 Å². The molecule has 1 atom stereocenters. The lowest BCUT2D eigenvalue weighted by molar-refractivity contribution is -0.122. The molecule has 1 aliphatic rings. The predicted molar refractivity (Wildman–Crippen MR) is 118 cm³/mol. The Bertz CT molecular complexity index is 1190. The van der Waals surface area contributed by atoms with Crippen LogP contribution < -0.4 is 15.8 Å². The van der Waals surface area contributed by atoms with E-state index in [4.69, 9.17) is 11.6 Å². The average molecular weight is 437 g/mol. The molecule has 2 aromatic carbocycles. The van der Waals surface area contributed by atoms with Crippen LogP contribution in [0, 0.1) is 0 Å². The van der Waals surface area contributed by atoms with Crippen LogP contribution in [-0.4, -0.2) is 27.6 Å². The molecule has 31 heavy (non-hydrogen) atoms. The van der Waals surface area contributed by atoms with E-state index in [1.807, 2.05) is 31.2 Å². The van der Waals surface area contributed by atoms with Crippen LogP contribution in [0.3, 0.4) is 0 Å². The number of hydrogen-bond acceptors (Lipinski definition) is 4. The molecule has 158 valence electrons. The first-order chi connectivity index (χ1) is 14.9. The summed E-state index contributed by atoms with van der Waals surface area (Å²) in [6.07, 6.45) is 0.759. The molecule has 0 saturated heterocycles. The molecule has 2 heterocycles.